The fraction of sp³-hybridized carbons (Fsp3) is 0.609. The fourth-order valence-corrected chi connectivity index (χ4v) is 5.39. The maximum absolute atomic E-state index is 13.5. The second-order valence-electron chi connectivity index (χ2n) is 8.68. The third kappa shape index (κ3) is 3.37. The van der Waals surface area contributed by atoms with Crippen molar-refractivity contribution in [3.8, 4) is 0 Å². The lowest BCUT2D eigenvalue weighted by Gasteiger charge is -2.32. The van der Waals surface area contributed by atoms with E-state index in [4.69, 9.17) is 9.72 Å². The van der Waals surface area contributed by atoms with Gasteiger partial charge in [-0.25, -0.2) is 4.98 Å². The molecule has 29 heavy (non-hydrogen) atoms. The molecule has 0 bridgehead atoms. The molecule has 1 aliphatic carbocycles. The van der Waals surface area contributed by atoms with Gasteiger partial charge in [-0.2, -0.15) is 0 Å². The Morgan fingerprint density at radius 3 is 2.55 bits per heavy atom. The number of para-hydroxylation sites is 1. The van der Waals surface area contributed by atoms with E-state index in [9.17, 15) is 9.59 Å². The first-order valence-electron chi connectivity index (χ1n) is 11.1. The smallest absolute Gasteiger partial charge is 0.261 e. The van der Waals surface area contributed by atoms with Crippen molar-refractivity contribution >= 4 is 16.8 Å². The first kappa shape index (κ1) is 18.8. The summed E-state index contributed by atoms with van der Waals surface area (Å²) in [4.78, 5) is 33.8. The van der Waals surface area contributed by atoms with Crippen molar-refractivity contribution in [2.24, 2.45) is 5.92 Å². The number of ether oxygens (including phenoxy) is 1. The van der Waals surface area contributed by atoms with Crippen LogP contribution in [0, 0.1) is 5.92 Å². The number of nitrogens with zero attached hydrogens (tertiary/aromatic N) is 3. The van der Waals surface area contributed by atoms with E-state index in [0.29, 0.717) is 18.6 Å². The molecule has 1 atom stereocenters. The van der Waals surface area contributed by atoms with Crippen molar-refractivity contribution < 1.29 is 9.53 Å². The average Bonchev–Trinajstić information content (AvgIpc) is 3.46. The molecule has 2 saturated heterocycles. The molecule has 6 heteroatoms. The van der Waals surface area contributed by atoms with Gasteiger partial charge in [-0.1, -0.05) is 25.0 Å². The normalized spacial score (nSPS) is 23.9. The van der Waals surface area contributed by atoms with Crippen LogP contribution < -0.4 is 5.56 Å². The molecule has 2 aromatic rings. The summed E-state index contributed by atoms with van der Waals surface area (Å²) in [5.74, 6) is 1.06. The van der Waals surface area contributed by atoms with Crippen LogP contribution in [0.2, 0.25) is 0 Å². The van der Waals surface area contributed by atoms with Crippen molar-refractivity contribution in [3.63, 3.8) is 0 Å². The first-order valence-corrected chi connectivity index (χ1v) is 11.1. The van der Waals surface area contributed by atoms with Crippen LogP contribution in [0.3, 0.4) is 0 Å². The highest BCUT2D eigenvalue weighted by atomic mass is 16.5. The lowest BCUT2D eigenvalue weighted by Crippen LogP contribution is -2.40. The lowest BCUT2D eigenvalue weighted by atomic mass is 9.98. The van der Waals surface area contributed by atoms with E-state index >= 15 is 0 Å². The van der Waals surface area contributed by atoms with Crippen molar-refractivity contribution in [1.29, 1.82) is 0 Å². The summed E-state index contributed by atoms with van der Waals surface area (Å²) in [6.45, 7) is 2.08. The third-order valence-corrected chi connectivity index (χ3v) is 6.93. The maximum Gasteiger partial charge on any atom is 0.261 e. The molecule has 5 rings (SSSR count). The molecule has 1 amide bonds. The number of amides is 1. The molecule has 0 N–H and O–H groups in total. The van der Waals surface area contributed by atoms with Crippen LogP contribution in [0.4, 0.5) is 0 Å². The number of hydrogen-bond acceptors (Lipinski definition) is 4. The maximum atomic E-state index is 13.5. The predicted molar refractivity (Wildman–Crippen MR) is 111 cm³/mol. The van der Waals surface area contributed by atoms with E-state index < -0.39 is 0 Å². The monoisotopic (exact) mass is 395 g/mol. The Balaban J connectivity index is 1.58. The SMILES string of the molecule is O=C(C1CCOCC1)N1CCCC1c1nc2ccccc2c(=O)n1C1CCCC1. The Hall–Kier alpha value is -2.21. The Kier molecular flexibility index (Phi) is 5.12. The number of carbonyl (C=O) groups excluding carboxylic acids is 1. The van der Waals surface area contributed by atoms with Gasteiger partial charge in [0.1, 0.15) is 5.82 Å². The van der Waals surface area contributed by atoms with Gasteiger partial charge < -0.3 is 9.64 Å². The minimum absolute atomic E-state index is 0.0384. The third-order valence-electron chi connectivity index (χ3n) is 6.93. The van der Waals surface area contributed by atoms with Gasteiger partial charge in [0, 0.05) is 31.7 Å². The first-order chi connectivity index (χ1) is 14.2. The van der Waals surface area contributed by atoms with Gasteiger partial charge in [-0.3, -0.25) is 14.2 Å². The second-order valence-corrected chi connectivity index (χ2v) is 8.68. The molecular weight excluding hydrogens is 366 g/mol. The Labute approximate surface area is 170 Å². The molecule has 1 aromatic heterocycles. The summed E-state index contributed by atoms with van der Waals surface area (Å²) in [6, 6.07) is 7.73. The van der Waals surface area contributed by atoms with Crippen molar-refractivity contribution in [3.05, 3.63) is 40.4 Å². The molecule has 6 nitrogen and oxygen atoms in total. The van der Waals surface area contributed by atoms with Crippen molar-refractivity contribution in [2.75, 3.05) is 19.8 Å². The summed E-state index contributed by atoms with van der Waals surface area (Å²) in [5, 5.41) is 0.684. The van der Waals surface area contributed by atoms with E-state index in [2.05, 4.69) is 0 Å². The van der Waals surface area contributed by atoms with E-state index in [1.807, 2.05) is 33.7 Å². The number of fused-ring (bicyclic) bond motifs is 1. The molecule has 1 unspecified atom stereocenters. The number of likely N-dealkylation sites (tertiary alicyclic amines) is 1. The second kappa shape index (κ2) is 7.90. The molecule has 1 aromatic carbocycles. The van der Waals surface area contributed by atoms with Crippen LogP contribution in [0.15, 0.2) is 29.1 Å². The van der Waals surface area contributed by atoms with Gasteiger partial charge in [0.25, 0.3) is 5.56 Å². The lowest BCUT2D eigenvalue weighted by molar-refractivity contribution is -0.139. The number of rotatable bonds is 3. The summed E-state index contributed by atoms with van der Waals surface area (Å²) < 4.78 is 7.40. The van der Waals surface area contributed by atoms with Crippen LogP contribution in [0.5, 0.6) is 0 Å². The van der Waals surface area contributed by atoms with Crippen LogP contribution in [0.25, 0.3) is 10.9 Å². The Bertz CT molecular complexity index is 957. The van der Waals surface area contributed by atoms with E-state index in [1.165, 1.54) is 0 Å². The molecule has 1 saturated carbocycles. The highest BCUT2D eigenvalue weighted by molar-refractivity contribution is 5.80. The zero-order valence-corrected chi connectivity index (χ0v) is 16.9. The van der Waals surface area contributed by atoms with E-state index in [1.54, 1.807) is 0 Å². The van der Waals surface area contributed by atoms with Crippen LogP contribution in [-0.4, -0.2) is 40.1 Å². The Morgan fingerprint density at radius 1 is 1.00 bits per heavy atom. The standard InChI is InChI=1S/C23H29N3O3/c27-22(16-11-14-29-15-12-16)25-13-5-10-20(25)21-24-19-9-4-3-8-18(19)23(28)26(21)17-6-1-2-7-17/h3-4,8-9,16-17,20H,1-2,5-7,10-15H2. The predicted octanol–water partition coefficient (Wildman–Crippen LogP) is 3.60. The van der Waals surface area contributed by atoms with Crippen LogP contribution in [0.1, 0.15) is 69.3 Å². The molecule has 154 valence electrons. The highest BCUT2D eigenvalue weighted by Crippen LogP contribution is 2.37. The van der Waals surface area contributed by atoms with Crippen LogP contribution in [-0.2, 0) is 9.53 Å². The largest absolute Gasteiger partial charge is 0.381 e. The number of aromatic nitrogens is 2. The molecule has 3 heterocycles. The average molecular weight is 396 g/mol. The summed E-state index contributed by atoms with van der Waals surface area (Å²) in [6.07, 6.45) is 7.78. The summed E-state index contributed by atoms with van der Waals surface area (Å²) in [7, 11) is 0. The number of benzene rings is 1. The van der Waals surface area contributed by atoms with Crippen molar-refractivity contribution in [2.45, 2.75) is 63.5 Å². The Morgan fingerprint density at radius 2 is 1.76 bits per heavy atom. The van der Waals surface area contributed by atoms with Gasteiger partial charge in [0.2, 0.25) is 5.91 Å². The minimum Gasteiger partial charge on any atom is -0.381 e. The quantitative estimate of drug-likeness (QED) is 0.797. The number of hydrogen-bond donors (Lipinski definition) is 0. The zero-order chi connectivity index (χ0) is 19.8. The van der Waals surface area contributed by atoms with Crippen LogP contribution >= 0.6 is 0 Å². The van der Waals surface area contributed by atoms with E-state index in [0.717, 1.165) is 69.3 Å². The molecule has 2 aliphatic heterocycles. The molecule has 0 spiro atoms. The molecule has 3 fully saturated rings. The van der Waals surface area contributed by atoms with Gasteiger partial charge in [-0.05, 0) is 50.7 Å². The van der Waals surface area contributed by atoms with Crippen molar-refractivity contribution in [1.82, 2.24) is 14.5 Å². The highest BCUT2D eigenvalue weighted by Gasteiger charge is 2.38. The minimum atomic E-state index is -0.0942. The topological polar surface area (TPSA) is 64.4 Å². The van der Waals surface area contributed by atoms with Gasteiger partial charge >= 0.3 is 0 Å². The fourth-order valence-electron chi connectivity index (χ4n) is 5.39. The molecule has 3 aliphatic rings. The van der Waals surface area contributed by atoms with Gasteiger partial charge in [-0.15, -0.1) is 0 Å². The van der Waals surface area contributed by atoms with Gasteiger partial charge in [0.15, 0.2) is 0 Å². The zero-order valence-electron chi connectivity index (χ0n) is 16.9. The summed E-state index contributed by atoms with van der Waals surface area (Å²) >= 11 is 0. The van der Waals surface area contributed by atoms with E-state index in [-0.39, 0.29) is 29.5 Å². The summed E-state index contributed by atoms with van der Waals surface area (Å²) in [5.41, 5.74) is 0.801. The van der Waals surface area contributed by atoms with Gasteiger partial charge in [0.05, 0.1) is 16.9 Å². The molecular formula is C23H29N3O3. The number of carbonyl (C=O) groups is 1. The molecule has 0 radical (unpaired) electrons.